The van der Waals surface area contributed by atoms with Crippen molar-refractivity contribution in [3.63, 3.8) is 0 Å². The first-order valence-corrected chi connectivity index (χ1v) is 8.18. The molecule has 1 aromatic heterocycles. The highest BCUT2D eigenvalue weighted by Crippen LogP contribution is 2.22. The first-order valence-electron chi connectivity index (χ1n) is 8.18. The number of aliphatic carboxylic acids is 1. The number of carbonyl (C=O) groups is 2. The summed E-state index contributed by atoms with van der Waals surface area (Å²) in [6.07, 6.45) is 1.54. The number of amides is 1. The van der Waals surface area contributed by atoms with Crippen LogP contribution in [-0.4, -0.2) is 52.0 Å². The lowest BCUT2D eigenvalue weighted by atomic mass is 9.96. The van der Waals surface area contributed by atoms with Crippen LogP contribution in [-0.2, 0) is 9.59 Å². The van der Waals surface area contributed by atoms with Crippen molar-refractivity contribution in [1.82, 2.24) is 20.8 Å². The maximum atomic E-state index is 12.4. The maximum absolute atomic E-state index is 12.4. The minimum Gasteiger partial charge on any atom is -0.481 e. The van der Waals surface area contributed by atoms with Crippen molar-refractivity contribution in [2.24, 2.45) is 5.92 Å². The van der Waals surface area contributed by atoms with E-state index in [1.807, 2.05) is 0 Å². The van der Waals surface area contributed by atoms with Gasteiger partial charge in [-0.3, -0.25) is 9.59 Å². The van der Waals surface area contributed by atoms with Crippen LogP contribution in [0, 0.1) is 5.92 Å². The zero-order chi connectivity index (χ0) is 17.5. The molecule has 2 rings (SSSR count). The summed E-state index contributed by atoms with van der Waals surface area (Å²) in [4.78, 5) is 23.3. The molecule has 0 radical (unpaired) electrons. The van der Waals surface area contributed by atoms with Gasteiger partial charge in [0.25, 0.3) is 0 Å². The van der Waals surface area contributed by atoms with Crippen LogP contribution in [0.3, 0.4) is 0 Å². The van der Waals surface area contributed by atoms with E-state index in [-0.39, 0.29) is 49.0 Å². The average Bonchev–Trinajstić information content (AvgIpc) is 3.08. The van der Waals surface area contributed by atoms with Gasteiger partial charge in [0.2, 0.25) is 17.7 Å². The number of piperidine rings is 1. The lowest BCUT2D eigenvalue weighted by Crippen LogP contribution is -2.39. The van der Waals surface area contributed by atoms with E-state index in [2.05, 4.69) is 20.8 Å². The van der Waals surface area contributed by atoms with Gasteiger partial charge in [-0.2, -0.15) is 0 Å². The van der Waals surface area contributed by atoms with Crippen LogP contribution in [0.1, 0.15) is 56.3 Å². The van der Waals surface area contributed by atoms with Crippen LogP contribution in [0.15, 0.2) is 4.42 Å². The lowest BCUT2D eigenvalue weighted by Gasteiger charge is -2.24. The molecule has 0 spiro atoms. The van der Waals surface area contributed by atoms with E-state index in [1.165, 1.54) is 0 Å². The molecule has 2 heterocycles. The highest BCUT2D eigenvalue weighted by atomic mass is 16.4. The smallest absolute Gasteiger partial charge is 0.303 e. The maximum Gasteiger partial charge on any atom is 0.303 e. The molecule has 0 unspecified atom stereocenters. The molecule has 0 aromatic carbocycles. The quantitative estimate of drug-likeness (QED) is 0.526. The molecular formula is C15H24N4O5. The lowest BCUT2D eigenvalue weighted by molar-refractivity contribution is -0.137. The van der Waals surface area contributed by atoms with Gasteiger partial charge >= 0.3 is 5.97 Å². The summed E-state index contributed by atoms with van der Waals surface area (Å²) in [5.41, 5.74) is 0. The zero-order valence-corrected chi connectivity index (χ0v) is 13.7. The summed E-state index contributed by atoms with van der Waals surface area (Å²) in [6, 6.07) is -0.643. The molecule has 1 fully saturated rings. The molecule has 134 valence electrons. The summed E-state index contributed by atoms with van der Waals surface area (Å²) in [6.45, 7) is 3.17. The Morgan fingerprint density at radius 3 is 2.62 bits per heavy atom. The molecular weight excluding hydrogens is 316 g/mol. The Morgan fingerprint density at radius 1 is 1.33 bits per heavy atom. The number of hydrogen-bond donors (Lipinski definition) is 4. The van der Waals surface area contributed by atoms with E-state index in [0.717, 1.165) is 25.9 Å². The van der Waals surface area contributed by atoms with E-state index in [9.17, 15) is 9.59 Å². The van der Waals surface area contributed by atoms with E-state index in [0.29, 0.717) is 0 Å². The van der Waals surface area contributed by atoms with Gasteiger partial charge < -0.3 is 25.3 Å². The molecule has 1 aliphatic heterocycles. The van der Waals surface area contributed by atoms with Crippen LogP contribution in [0.25, 0.3) is 0 Å². The number of aliphatic hydroxyl groups is 1. The number of carboxylic acids is 1. The van der Waals surface area contributed by atoms with Gasteiger partial charge in [0.1, 0.15) is 6.04 Å². The molecule has 1 saturated heterocycles. The fraction of sp³-hybridized carbons (Fsp3) is 0.733. The normalized spacial score (nSPS) is 18.1. The average molecular weight is 340 g/mol. The molecule has 0 bridgehead atoms. The zero-order valence-electron chi connectivity index (χ0n) is 13.7. The topological polar surface area (TPSA) is 138 Å². The molecule has 4 N–H and O–H groups in total. The molecule has 9 heteroatoms. The van der Waals surface area contributed by atoms with Crippen molar-refractivity contribution >= 4 is 11.9 Å². The second-order valence-electron chi connectivity index (χ2n) is 6.08. The Morgan fingerprint density at radius 2 is 2.00 bits per heavy atom. The van der Waals surface area contributed by atoms with Crippen LogP contribution < -0.4 is 10.6 Å². The Kier molecular flexibility index (Phi) is 6.68. The van der Waals surface area contributed by atoms with Gasteiger partial charge in [0.15, 0.2) is 0 Å². The van der Waals surface area contributed by atoms with Crippen LogP contribution in [0.2, 0.25) is 0 Å². The third kappa shape index (κ3) is 5.00. The predicted octanol–water partition coefficient (Wildman–Crippen LogP) is 0.187. The molecule has 9 nitrogen and oxygen atoms in total. The number of hydrogen-bond acceptors (Lipinski definition) is 7. The summed E-state index contributed by atoms with van der Waals surface area (Å²) in [5.74, 6) is -1.05. The monoisotopic (exact) mass is 340 g/mol. The highest BCUT2D eigenvalue weighted by molar-refractivity contribution is 5.79. The fourth-order valence-electron chi connectivity index (χ4n) is 2.56. The summed E-state index contributed by atoms with van der Waals surface area (Å²) >= 11 is 0. The minimum absolute atomic E-state index is 0.0997. The molecule has 1 aromatic rings. The van der Waals surface area contributed by atoms with Gasteiger partial charge in [-0.1, -0.05) is 6.92 Å². The molecule has 24 heavy (non-hydrogen) atoms. The number of carboxylic acid groups (broad SMARTS) is 1. The number of carbonyl (C=O) groups excluding carboxylic acids is 1. The number of nitrogens with one attached hydrogen (secondary N) is 2. The number of aromatic nitrogens is 2. The van der Waals surface area contributed by atoms with Crippen LogP contribution >= 0.6 is 0 Å². The summed E-state index contributed by atoms with van der Waals surface area (Å²) in [5, 5.41) is 31.9. The van der Waals surface area contributed by atoms with E-state index in [4.69, 9.17) is 14.6 Å². The van der Waals surface area contributed by atoms with Crippen molar-refractivity contribution in [3.05, 3.63) is 11.8 Å². The first-order chi connectivity index (χ1) is 11.5. The number of aliphatic hydroxyl groups excluding tert-OH is 1. The fourth-order valence-corrected chi connectivity index (χ4v) is 2.56. The van der Waals surface area contributed by atoms with Gasteiger partial charge in [-0.05, 0) is 32.4 Å². The van der Waals surface area contributed by atoms with Gasteiger partial charge in [-0.15, -0.1) is 10.2 Å². The largest absolute Gasteiger partial charge is 0.481 e. The third-order valence-corrected chi connectivity index (χ3v) is 4.12. The number of rotatable bonds is 8. The van der Waals surface area contributed by atoms with Crippen LogP contribution in [0.5, 0.6) is 0 Å². The first kappa shape index (κ1) is 18.3. The standard InChI is InChI=1S/C15H24N4O5/c1-9(8-20)14-18-19-15(24-14)11(2-3-12(21)22)17-13(23)10-4-6-16-7-5-10/h9-11,16,20H,2-8H2,1H3,(H,17,23)(H,21,22)/t9-,11-/m0/s1. The minimum atomic E-state index is -0.959. The van der Waals surface area contributed by atoms with Crippen molar-refractivity contribution in [1.29, 1.82) is 0 Å². The van der Waals surface area contributed by atoms with E-state index in [1.54, 1.807) is 6.92 Å². The van der Waals surface area contributed by atoms with Gasteiger partial charge in [-0.25, -0.2) is 0 Å². The van der Waals surface area contributed by atoms with Crippen molar-refractivity contribution in [2.45, 2.75) is 44.6 Å². The SMILES string of the molecule is C[C@@H](CO)c1nnc([C@H](CCC(=O)O)NC(=O)C2CCNCC2)o1. The van der Waals surface area contributed by atoms with E-state index < -0.39 is 12.0 Å². The Labute approximate surface area is 139 Å². The van der Waals surface area contributed by atoms with Crippen molar-refractivity contribution < 1.29 is 24.2 Å². The second-order valence-corrected chi connectivity index (χ2v) is 6.08. The van der Waals surface area contributed by atoms with Crippen molar-refractivity contribution in [3.8, 4) is 0 Å². The second kappa shape index (κ2) is 8.74. The van der Waals surface area contributed by atoms with Crippen molar-refractivity contribution in [2.75, 3.05) is 19.7 Å². The van der Waals surface area contributed by atoms with E-state index >= 15 is 0 Å². The Bertz CT molecular complexity index is 556. The molecule has 0 aliphatic carbocycles. The molecule has 0 saturated carbocycles. The molecule has 1 amide bonds. The summed E-state index contributed by atoms with van der Waals surface area (Å²) < 4.78 is 5.52. The molecule has 1 aliphatic rings. The number of nitrogens with zero attached hydrogens (tertiary/aromatic N) is 2. The summed E-state index contributed by atoms with van der Waals surface area (Å²) in [7, 11) is 0. The molecule has 2 atom stereocenters. The Hall–Kier alpha value is -2.00. The van der Waals surface area contributed by atoms with Gasteiger partial charge in [0.05, 0.1) is 12.5 Å². The highest BCUT2D eigenvalue weighted by Gasteiger charge is 2.27. The predicted molar refractivity (Wildman–Crippen MR) is 83.1 cm³/mol. The Balaban J connectivity index is 2.07. The van der Waals surface area contributed by atoms with Crippen LogP contribution in [0.4, 0.5) is 0 Å². The van der Waals surface area contributed by atoms with Gasteiger partial charge in [0, 0.05) is 12.3 Å². The third-order valence-electron chi connectivity index (χ3n) is 4.12.